The van der Waals surface area contributed by atoms with Crippen LogP contribution in [0.3, 0.4) is 0 Å². The lowest BCUT2D eigenvalue weighted by Gasteiger charge is -2.63. The Morgan fingerprint density at radius 2 is 2.12 bits per heavy atom. The Morgan fingerprint density at radius 1 is 1.27 bits per heavy atom. The molecule has 0 unspecified atom stereocenters. The van der Waals surface area contributed by atoms with Crippen molar-refractivity contribution in [1.29, 1.82) is 0 Å². The number of fused-ring (bicyclic) bond motifs is 2. The van der Waals surface area contributed by atoms with Crippen molar-refractivity contribution in [2.75, 3.05) is 6.61 Å². The molecule has 1 spiro atoms. The summed E-state index contributed by atoms with van der Waals surface area (Å²) in [6, 6.07) is 1.79. The molecule has 2 aliphatic carbocycles. The van der Waals surface area contributed by atoms with Gasteiger partial charge in [-0.25, -0.2) is 4.79 Å². The quantitative estimate of drug-likeness (QED) is 0.777. The highest BCUT2D eigenvalue weighted by molar-refractivity contribution is 5.93. The van der Waals surface area contributed by atoms with E-state index < -0.39 is 22.5 Å². The number of ether oxygens (including phenoxy) is 2. The predicted octanol–water partition coefficient (Wildman–Crippen LogP) is 2.68. The van der Waals surface area contributed by atoms with Crippen LogP contribution in [0.2, 0.25) is 0 Å². The predicted molar refractivity (Wildman–Crippen MR) is 88.6 cm³/mol. The molecule has 1 aromatic rings. The summed E-state index contributed by atoms with van der Waals surface area (Å²) in [5.74, 6) is -0.971. The lowest BCUT2D eigenvalue weighted by molar-refractivity contribution is -0.248. The second kappa shape index (κ2) is 5.00. The van der Waals surface area contributed by atoms with E-state index in [9.17, 15) is 14.7 Å². The van der Waals surface area contributed by atoms with E-state index >= 15 is 0 Å². The number of esters is 2. The maximum Gasteiger partial charge on any atom is 0.334 e. The molecular weight excluding hydrogens is 336 g/mol. The van der Waals surface area contributed by atoms with E-state index in [-0.39, 0.29) is 24.5 Å². The van der Waals surface area contributed by atoms with Crippen LogP contribution in [0.25, 0.3) is 0 Å². The number of hydrogen-bond donors (Lipinski definition) is 1. The highest BCUT2D eigenvalue weighted by Crippen LogP contribution is 2.68. The summed E-state index contributed by atoms with van der Waals surface area (Å²) in [6.45, 7) is 2.18. The molecule has 0 radical (unpaired) electrons. The Balaban J connectivity index is 1.63. The number of cyclic esters (lactones) is 2. The van der Waals surface area contributed by atoms with Gasteiger partial charge in [0.25, 0.3) is 0 Å². The Kier molecular flexibility index (Phi) is 3.10. The summed E-state index contributed by atoms with van der Waals surface area (Å²) < 4.78 is 16.2. The van der Waals surface area contributed by atoms with E-state index in [0.717, 1.165) is 5.56 Å². The number of aliphatic hydroxyl groups is 1. The van der Waals surface area contributed by atoms with Crippen molar-refractivity contribution in [3.63, 3.8) is 0 Å². The molecule has 1 N–H and O–H groups in total. The molecule has 138 valence electrons. The van der Waals surface area contributed by atoms with Gasteiger partial charge in [-0.1, -0.05) is 13.0 Å². The van der Waals surface area contributed by atoms with Crippen molar-refractivity contribution in [3.05, 3.63) is 35.8 Å². The van der Waals surface area contributed by atoms with Gasteiger partial charge in [0.1, 0.15) is 12.7 Å². The van der Waals surface area contributed by atoms with Gasteiger partial charge in [0, 0.05) is 16.6 Å². The number of allylic oxidation sites excluding steroid dienone is 1. The number of furan rings is 1. The lowest BCUT2D eigenvalue weighted by Crippen LogP contribution is -2.68. The standard InChI is InChI=1S/C20H22O6/c1-18-9-15(12-5-8-24-10-12)26-17(22)13(18)4-7-19-11-25-16(21)14(19)3-2-6-20(18,19)23/h3,5,8,10,13,15,23H,2,4,6-7,9,11H2,1H3/t13-,15-,18+,19-,20-/m1/s1. The van der Waals surface area contributed by atoms with Gasteiger partial charge in [0.2, 0.25) is 0 Å². The molecule has 3 heterocycles. The van der Waals surface area contributed by atoms with Crippen LogP contribution >= 0.6 is 0 Å². The molecule has 6 nitrogen and oxygen atoms in total. The smallest absolute Gasteiger partial charge is 0.334 e. The number of rotatable bonds is 1. The molecule has 4 aliphatic rings. The van der Waals surface area contributed by atoms with Gasteiger partial charge in [0.15, 0.2) is 0 Å². The molecule has 1 aromatic heterocycles. The zero-order valence-corrected chi connectivity index (χ0v) is 14.7. The first-order valence-corrected chi connectivity index (χ1v) is 9.24. The average Bonchev–Trinajstić information content (AvgIpc) is 3.24. The van der Waals surface area contributed by atoms with Crippen LogP contribution in [-0.4, -0.2) is 29.3 Å². The van der Waals surface area contributed by atoms with Crippen molar-refractivity contribution in [2.24, 2.45) is 16.7 Å². The van der Waals surface area contributed by atoms with E-state index in [4.69, 9.17) is 13.9 Å². The SMILES string of the molecule is C[C@]12C[C@H](c3ccoc3)OC(=O)[C@H]1CC[C@@]13COC(=O)C1=CCC[C@]32O. The van der Waals surface area contributed by atoms with Crippen LogP contribution in [0.5, 0.6) is 0 Å². The van der Waals surface area contributed by atoms with Crippen LogP contribution in [0.1, 0.15) is 50.7 Å². The topological polar surface area (TPSA) is 86.0 Å². The molecule has 5 rings (SSSR count). The minimum absolute atomic E-state index is 0.196. The molecule has 3 fully saturated rings. The molecule has 0 aromatic carbocycles. The van der Waals surface area contributed by atoms with E-state index in [1.165, 1.54) is 0 Å². The molecule has 1 saturated carbocycles. The van der Waals surface area contributed by atoms with Crippen molar-refractivity contribution >= 4 is 11.9 Å². The molecule has 6 heteroatoms. The van der Waals surface area contributed by atoms with Gasteiger partial charge in [0.05, 0.1) is 29.5 Å². The summed E-state index contributed by atoms with van der Waals surface area (Å²) in [4.78, 5) is 25.1. The van der Waals surface area contributed by atoms with Crippen molar-refractivity contribution < 1.29 is 28.6 Å². The Hall–Kier alpha value is -2.08. The van der Waals surface area contributed by atoms with Gasteiger partial charge >= 0.3 is 11.9 Å². The van der Waals surface area contributed by atoms with Gasteiger partial charge in [-0.05, 0) is 38.2 Å². The van der Waals surface area contributed by atoms with E-state index in [1.54, 1.807) is 18.6 Å². The average molecular weight is 358 g/mol. The zero-order chi connectivity index (χ0) is 18.2. The Labute approximate surface area is 151 Å². The van der Waals surface area contributed by atoms with Gasteiger partial charge in [-0.2, -0.15) is 0 Å². The first-order valence-electron chi connectivity index (χ1n) is 9.24. The summed E-state index contributed by atoms with van der Waals surface area (Å²) >= 11 is 0. The fourth-order valence-electron chi connectivity index (χ4n) is 6.05. The van der Waals surface area contributed by atoms with Crippen molar-refractivity contribution in [1.82, 2.24) is 0 Å². The second-order valence-corrected chi connectivity index (χ2v) is 8.37. The van der Waals surface area contributed by atoms with Crippen LogP contribution in [0, 0.1) is 16.7 Å². The van der Waals surface area contributed by atoms with Crippen molar-refractivity contribution in [3.8, 4) is 0 Å². The highest BCUT2D eigenvalue weighted by atomic mass is 16.6. The molecule has 0 bridgehead atoms. The minimum Gasteiger partial charge on any atom is -0.472 e. The van der Waals surface area contributed by atoms with Crippen LogP contribution in [0.15, 0.2) is 34.7 Å². The third-order valence-corrected chi connectivity index (χ3v) is 7.47. The number of carbonyl (C=O) groups excluding carboxylic acids is 2. The fourth-order valence-corrected chi connectivity index (χ4v) is 6.05. The summed E-state index contributed by atoms with van der Waals surface area (Å²) in [7, 11) is 0. The monoisotopic (exact) mass is 358 g/mol. The Morgan fingerprint density at radius 3 is 2.88 bits per heavy atom. The first kappa shape index (κ1) is 16.1. The van der Waals surface area contributed by atoms with E-state index in [0.29, 0.717) is 37.7 Å². The molecule has 2 saturated heterocycles. The molecule has 2 aliphatic heterocycles. The summed E-state index contributed by atoms with van der Waals surface area (Å²) in [5.41, 5.74) is -1.20. The fraction of sp³-hybridized carbons (Fsp3) is 0.600. The second-order valence-electron chi connectivity index (χ2n) is 8.37. The van der Waals surface area contributed by atoms with Crippen molar-refractivity contribution in [2.45, 2.75) is 50.7 Å². The lowest BCUT2D eigenvalue weighted by atomic mass is 9.43. The Bertz CT molecular complexity index is 810. The maximum absolute atomic E-state index is 12.8. The van der Waals surface area contributed by atoms with Crippen LogP contribution < -0.4 is 0 Å². The zero-order valence-electron chi connectivity index (χ0n) is 14.7. The molecule has 0 amide bonds. The first-order chi connectivity index (χ1) is 12.4. The third kappa shape index (κ3) is 1.71. The summed E-state index contributed by atoms with van der Waals surface area (Å²) in [6.07, 6.45) is 7.38. The number of carbonyl (C=O) groups is 2. The normalized spacial score (nSPS) is 44.3. The largest absolute Gasteiger partial charge is 0.472 e. The molecular formula is C20H22O6. The summed E-state index contributed by atoms with van der Waals surface area (Å²) in [5, 5.41) is 12.1. The van der Waals surface area contributed by atoms with Crippen LogP contribution in [-0.2, 0) is 19.1 Å². The van der Waals surface area contributed by atoms with E-state index in [1.807, 2.05) is 13.0 Å². The minimum atomic E-state index is -1.18. The van der Waals surface area contributed by atoms with Gasteiger partial charge in [-0.3, -0.25) is 4.79 Å². The highest BCUT2D eigenvalue weighted by Gasteiger charge is 2.73. The van der Waals surface area contributed by atoms with Gasteiger partial charge in [-0.15, -0.1) is 0 Å². The van der Waals surface area contributed by atoms with Gasteiger partial charge < -0.3 is 19.0 Å². The van der Waals surface area contributed by atoms with E-state index in [2.05, 4.69) is 0 Å². The number of hydrogen-bond acceptors (Lipinski definition) is 6. The third-order valence-electron chi connectivity index (χ3n) is 7.47. The molecule has 26 heavy (non-hydrogen) atoms. The van der Waals surface area contributed by atoms with Crippen LogP contribution in [0.4, 0.5) is 0 Å². The maximum atomic E-state index is 12.8. The molecule has 5 atom stereocenters.